The molecule has 1 aromatic heterocycles. The van der Waals surface area contributed by atoms with Gasteiger partial charge in [-0.05, 0) is 48.6 Å². The van der Waals surface area contributed by atoms with Crippen LogP contribution in [0.5, 0.6) is 11.5 Å². The van der Waals surface area contributed by atoms with Crippen LogP contribution in [0, 0.1) is 0 Å². The lowest BCUT2D eigenvalue weighted by Crippen LogP contribution is -2.38. The Bertz CT molecular complexity index is 956. The van der Waals surface area contributed by atoms with E-state index < -0.39 is 0 Å². The molecule has 144 valence electrons. The molecule has 5 nitrogen and oxygen atoms in total. The second kappa shape index (κ2) is 8.44. The molecule has 0 radical (unpaired) electrons. The van der Waals surface area contributed by atoms with E-state index in [9.17, 15) is 4.79 Å². The van der Waals surface area contributed by atoms with Crippen LogP contribution in [0.15, 0.2) is 53.4 Å². The van der Waals surface area contributed by atoms with Crippen LogP contribution in [-0.2, 0) is 19.4 Å². The molecule has 0 fully saturated rings. The summed E-state index contributed by atoms with van der Waals surface area (Å²) in [5.74, 6) is 1.05. The molecule has 3 aromatic rings. The average molecular weight is 394 g/mol. The molecule has 2 aromatic carbocycles. The molecule has 1 heterocycles. The van der Waals surface area contributed by atoms with Gasteiger partial charge < -0.3 is 14.8 Å². The third-order valence-electron chi connectivity index (χ3n) is 4.97. The van der Waals surface area contributed by atoms with Gasteiger partial charge in [-0.3, -0.25) is 4.79 Å². The molecule has 1 atom stereocenters. The maximum atomic E-state index is 12.7. The van der Waals surface area contributed by atoms with Gasteiger partial charge in [-0.1, -0.05) is 24.3 Å². The molecule has 0 spiro atoms. The second-order valence-corrected chi connectivity index (χ2v) is 7.53. The lowest BCUT2D eigenvalue weighted by atomic mass is 9.88. The summed E-state index contributed by atoms with van der Waals surface area (Å²) >= 11 is 1.53. The Labute approximate surface area is 168 Å². The third kappa shape index (κ3) is 4.17. The Kier molecular flexibility index (Phi) is 5.58. The van der Waals surface area contributed by atoms with Gasteiger partial charge in [0.05, 0.1) is 18.3 Å². The molecule has 1 N–H and O–H groups in total. The van der Waals surface area contributed by atoms with Crippen LogP contribution in [0.4, 0.5) is 0 Å². The molecule has 1 unspecified atom stereocenters. The SMILES string of the molecule is COc1cc(C(=O)NC2CCc3ccccc3C2)ccc1OCc1cscn1. The van der Waals surface area contributed by atoms with Crippen LogP contribution >= 0.6 is 11.3 Å². The number of aryl methyl sites for hydroxylation is 1. The minimum Gasteiger partial charge on any atom is -0.493 e. The minimum absolute atomic E-state index is 0.0891. The molecule has 0 saturated heterocycles. The van der Waals surface area contributed by atoms with Gasteiger partial charge in [0.25, 0.3) is 5.91 Å². The van der Waals surface area contributed by atoms with Crippen LogP contribution < -0.4 is 14.8 Å². The second-order valence-electron chi connectivity index (χ2n) is 6.82. The smallest absolute Gasteiger partial charge is 0.251 e. The van der Waals surface area contributed by atoms with Crippen LogP contribution in [0.25, 0.3) is 0 Å². The number of ether oxygens (including phenoxy) is 2. The normalized spacial score (nSPS) is 15.5. The fourth-order valence-corrected chi connectivity index (χ4v) is 4.02. The number of aromatic nitrogens is 1. The molecular formula is C22H22N2O3S. The summed E-state index contributed by atoms with van der Waals surface area (Å²) < 4.78 is 11.2. The summed E-state index contributed by atoms with van der Waals surface area (Å²) in [6.45, 7) is 0.368. The number of carbonyl (C=O) groups excluding carboxylic acids is 1. The molecule has 1 aliphatic rings. The average Bonchev–Trinajstić information content (AvgIpc) is 3.25. The van der Waals surface area contributed by atoms with E-state index in [1.807, 2.05) is 5.38 Å². The van der Waals surface area contributed by atoms with Gasteiger partial charge in [0.1, 0.15) is 6.61 Å². The standard InChI is InChI=1S/C22H22N2O3S/c1-26-21-11-17(7-9-20(21)27-12-19-13-28-14-23-19)22(25)24-18-8-6-15-4-2-3-5-16(15)10-18/h2-5,7,9,11,13-14,18H,6,8,10,12H2,1H3,(H,24,25). The van der Waals surface area contributed by atoms with Gasteiger partial charge in [-0.25, -0.2) is 4.98 Å². The summed E-state index contributed by atoms with van der Waals surface area (Å²) in [5, 5.41) is 5.10. The first-order chi connectivity index (χ1) is 13.7. The van der Waals surface area contributed by atoms with Crippen molar-refractivity contribution in [1.82, 2.24) is 10.3 Å². The number of rotatable bonds is 6. The Hall–Kier alpha value is -2.86. The monoisotopic (exact) mass is 394 g/mol. The van der Waals surface area contributed by atoms with Crippen LogP contribution in [0.1, 0.15) is 33.6 Å². The highest BCUT2D eigenvalue weighted by Crippen LogP contribution is 2.29. The number of benzene rings is 2. The lowest BCUT2D eigenvalue weighted by molar-refractivity contribution is 0.0933. The van der Waals surface area contributed by atoms with E-state index in [-0.39, 0.29) is 11.9 Å². The van der Waals surface area contributed by atoms with Crippen molar-refractivity contribution in [2.75, 3.05) is 7.11 Å². The summed E-state index contributed by atoms with van der Waals surface area (Å²) in [6.07, 6.45) is 2.82. The van der Waals surface area contributed by atoms with Crippen molar-refractivity contribution in [3.05, 3.63) is 75.7 Å². The van der Waals surface area contributed by atoms with Gasteiger partial charge in [0.15, 0.2) is 11.5 Å². The van der Waals surface area contributed by atoms with Crippen molar-refractivity contribution in [3.63, 3.8) is 0 Å². The number of nitrogens with one attached hydrogen (secondary N) is 1. The van der Waals surface area contributed by atoms with E-state index in [2.05, 4.69) is 34.6 Å². The number of hydrogen-bond acceptors (Lipinski definition) is 5. The summed E-state index contributed by atoms with van der Waals surface area (Å²) in [5.41, 5.74) is 5.91. The number of fused-ring (bicyclic) bond motifs is 1. The van der Waals surface area contributed by atoms with Crippen molar-refractivity contribution in [2.24, 2.45) is 0 Å². The Morgan fingerprint density at radius 1 is 1.21 bits per heavy atom. The summed E-state index contributed by atoms with van der Waals surface area (Å²) in [4.78, 5) is 16.9. The summed E-state index contributed by atoms with van der Waals surface area (Å²) in [6, 6.07) is 13.9. The number of thiazole rings is 1. The molecular weight excluding hydrogens is 372 g/mol. The highest BCUT2D eigenvalue weighted by molar-refractivity contribution is 7.07. The third-order valence-corrected chi connectivity index (χ3v) is 5.60. The zero-order valence-corrected chi connectivity index (χ0v) is 16.5. The number of carbonyl (C=O) groups is 1. The number of amides is 1. The van der Waals surface area contributed by atoms with Crippen LogP contribution in [0.2, 0.25) is 0 Å². The summed E-state index contributed by atoms with van der Waals surface area (Å²) in [7, 11) is 1.57. The minimum atomic E-state index is -0.0891. The number of nitrogens with zero attached hydrogens (tertiary/aromatic N) is 1. The van der Waals surface area contributed by atoms with E-state index in [0.29, 0.717) is 23.7 Å². The topological polar surface area (TPSA) is 60.5 Å². The van der Waals surface area contributed by atoms with Crippen molar-refractivity contribution in [2.45, 2.75) is 31.9 Å². The van der Waals surface area contributed by atoms with Gasteiger partial charge in [0, 0.05) is 17.0 Å². The highest BCUT2D eigenvalue weighted by atomic mass is 32.1. The molecule has 4 rings (SSSR count). The van der Waals surface area contributed by atoms with E-state index >= 15 is 0 Å². The number of hydrogen-bond donors (Lipinski definition) is 1. The Morgan fingerprint density at radius 3 is 2.86 bits per heavy atom. The fourth-order valence-electron chi connectivity index (χ4n) is 3.48. The van der Waals surface area contributed by atoms with Gasteiger partial charge in [0.2, 0.25) is 0 Å². The van der Waals surface area contributed by atoms with Gasteiger partial charge >= 0.3 is 0 Å². The Balaban J connectivity index is 1.41. The number of methoxy groups -OCH3 is 1. The van der Waals surface area contributed by atoms with Crippen molar-refractivity contribution >= 4 is 17.2 Å². The fraction of sp³-hybridized carbons (Fsp3) is 0.273. The predicted molar refractivity (Wildman–Crippen MR) is 109 cm³/mol. The van der Waals surface area contributed by atoms with E-state index in [1.165, 1.54) is 22.5 Å². The predicted octanol–water partition coefficient (Wildman–Crippen LogP) is 4.02. The van der Waals surface area contributed by atoms with Crippen molar-refractivity contribution in [3.8, 4) is 11.5 Å². The molecule has 0 aliphatic heterocycles. The van der Waals surface area contributed by atoms with E-state index in [0.717, 1.165) is 25.0 Å². The lowest BCUT2D eigenvalue weighted by Gasteiger charge is -2.25. The zero-order valence-electron chi connectivity index (χ0n) is 15.7. The van der Waals surface area contributed by atoms with Crippen molar-refractivity contribution in [1.29, 1.82) is 0 Å². The molecule has 28 heavy (non-hydrogen) atoms. The maximum absolute atomic E-state index is 12.7. The van der Waals surface area contributed by atoms with Crippen LogP contribution in [0.3, 0.4) is 0 Å². The molecule has 6 heteroatoms. The van der Waals surface area contributed by atoms with Crippen molar-refractivity contribution < 1.29 is 14.3 Å². The highest BCUT2D eigenvalue weighted by Gasteiger charge is 2.21. The first kappa shape index (κ1) is 18.5. The molecule has 1 amide bonds. The largest absolute Gasteiger partial charge is 0.493 e. The van der Waals surface area contributed by atoms with E-state index in [1.54, 1.807) is 30.8 Å². The Morgan fingerprint density at radius 2 is 2.07 bits per heavy atom. The van der Waals surface area contributed by atoms with Gasteiger partial charge in [-0.2, -0.15) is 0 Å². The van der Waals surface area contributed by atoms with Crippen LogP contribution in [-0.4, -0.2) is 24.0 Å². The molecule has 0 saturated carbocycles. The molecule has 0 bridgehead atoms. The van der Waals surface area contributed by atoms with Gasteiger partial charge in [-0.15, -0.1) is 11.3 Å². The zero-order chi connectivity index (χ0) is 19.3. The van der Waals surface area contributed by atoms with E-state index in [4.69, 9.17) is 9.47 Å². The quantitative estimate of drug-likeness (QED) is 0.686. The maximum Gasteiger partial charge on any atom is 0.251 e. The first-order valence-electron chi connectivity index (χ1n) is 9.28. The molecule has 1 aliphatic carbocycles. The first-order valence-corrected chi connectivity index (χ1v) is 10.2.